The molecule has 0 radical (unpaired) electrons. The fraction of sp³-hybridized carbons (Fsp3) is 0.400. The van der Waals surface area contributed by atoms with Crippen LogP contribution in [0.5, 0.6) is 5.75 Å². The van der Waals surface area contributed by atoms with Crippen molar-refractivity contribution in [1.82, 2.24) is 15.3 Å². The summed E-state index contributed by atoms with van der Waals surface area (Å²) < 4.78 is 5.86. The van der Waals surface area contributed by atoms with Crippen LogP contribution in [-0.4, -0.2) is 23.1 Å². The number of ether oxygens (including phenoxy) is 1. The van der Waals surface area contributed by atoms with E-state index < -0.39 is 0 Å². The number of aromatic nitrogens is 2. The summed E-state index contributed by atoms with van der Waals surface area (Å²) in [7, 11) is 0. The summed E-state index contributed by atoms with van der Waals surface area (Å²) in [6.07, 6.45) is 9.09. The molecule has 0 saturated carbocycles. The van der Waals surface area contributed by atoms with Crippen LogP contribution in [0, 0.1) is 5.92 Å². The lowest BCUT2D eigenvalue weighted by Gasteiger charge is -2.22. The van der Waals surface area contributed by atoms with Crippen molar-refractivity contribution in [2.45, 2.75) is 45.1 Å². The standard InChI is InChI=1S/C25H30ClN3O/c1-2-4-22-19(6-3-5-18-13-15-27-16-14-18)7-12-23-25(22)29-24(28-23)17-30-21-10-8-20(26)9-11-21/h2,7-12,18,27H,1,3-6,13-17H2,(H,28,29). The van der Waals surface area contributed by atoms with E-state index in [1.54, 1.807) is 0 Å². The maximum atomic E-state index is 5.94. The normalized spacial score (nSPS) is 14.8. The molecule has 1 aromatic heterocycles. The quantitative estimate of drug-likeness (QED) is 0.424. The summed E-state index contributed by atoms with van der Waals surface area (Å²) in [5.41, 5.74) is 4.79. The number of fused-ring (bicyclic) bond motifs is 1. The predicted molar refractivity (Wildman–Crippen MR) is 124 cm³/mol. The van der Waals surface area contributed by atoms with Crippen LogP contribution in [0.1, 0.15) is 42.6 Å². The van der Waals surface area contributed by atoms with E-state index in [1.165, 1.54) is 49.9 Å². The first kappa shape index (κ1) is 21.0. The van der Waals surface area contributed by atoms with Gasteiger partial charge in [0.25, 0.3) is 0 Å². The number of imidazole rings is 1. The highest BCUT2D eigenvalue weighted by molar-refractivity contribution is 6.30. The van der Waals surface area contributed by atoms with Gasteiger partial charge in [-0.25, -0.2) is 4.98 Å². The molecule has 1 aliphatic heterocycles. The van der Waals surface area contributed by atoms with E-state index >= 15 is 0 Å². The van der Waals surface area contributed by atoms with Crippen LogP contribution in [0.3, 0.4) is 0 Å². The lowest BCUT2D eigenvalue weighted by molar-refractivity contribution is 0.297. The number of aromatic amines is 1. The van der Waals surface area contributed by atoms with Crippen LogP contribution in [0.2, 0.25) is 5.02 Å². The summed E-state index contributed by atoms with van der Waals surface area (Å²) in [6.45, 7) is 6.71. The van der Waals surface area contributed by atoms with Crippen molar-refractivity contribution >= 4 is 22.6 Å². The highest BCUT2D eigenvalue weighted by atomic mass is 35.5. The second-order valence-electron chi connectivity index (χ2n) is 8.10. The largest absolute Gasteiger partial charge is 0.486 e. The van der Waals surface area contributed by atoms with Gasteiger partial charge in [-0.05, 0) is 92.6 Å². The molecule has 0 atom stereocenters. The molecule has 3 aromatic rings. The fourth-order valence-corrected chi connectivity index (χ4v) is 4.46. The Morgan fingerprint density at radius 2 is 1.93 bits per heavy atom. The number of aryl methyl sites for hydroxylation is 1. The van der Waals surface area contributed by atoms with E-state index in [-0.39, 0.29) is 0 Å². The van der Waals surface area contributed by atoms with Crippen LogP contribution in [0.25, 0.3) is 11.0 Å². The van der Waals surface area contributed by atoms with Gasteiger partial charge in [0.1, 0.15) is 18.2 Å². The number of benzene rings is 2. The Hall–Kier alpha value is -2.30. The molecule has 0 amide bonds. The molecular formula is C25H30ClN3O. The van der Waals surface area contributed by atoms with Crippen molar-refractivity contribution < 1.29 is 4.74 Å². The highest BCUT2D eigenvalue weighted by Gasteiger charge is 2.15. The number of piperidine rings is 1. The second kappa shape index (κ2) is 10.1. The minimum Gasteiger partial charge on any atom is -0.486 e. The van der Waals surface area contributed by atoms with E-state index in [4.69, 9.17) is 21.3 Å². The predicted octanol–water partition coefficient (Wildman–Crippen LogP) is 5.85. The van der Waals surface area contributed by atoms with E-state index in [0.29, 0.717) is 11.6 Å². The van der Waals surface area contributed by atoms with Gasteiger partial charge in [0.15, 0.2) is 0 Å². The summed E-state index contributed by atoms with van der Waals surface area (Å²) in [4.78, 5) is 8.27. The van der Waals surface area contributed by atoms with Crippen molar-refractivity contribution in [2.24, 2.45) is 5.92 Å². The first-order chi connectivity index (χ1) is 14.7. The van der Waals surface area contributed by atoms with Gasteiger partial charge in [0.05, 0.1) is 11.0 Å². The molecule has 0 bridgehead atoms. The smallest absolute Gasteiger partial charge is 0.146 e. The van der Waals surface area contributed by atoms with E-state index in [2.05, 4.69) is 29.0 Å². The zero-order chi connectivity index (χ0) is 20.8. The van der Waals surface area contributed by atoms with Gasteiger partial charge in [-0.15, -0.1) is 6.58 Å². The van der Waals surface area contributed by atoms with Gasteiger partial charge < -0.3 is 15.0 Å². The summed E-state index contributed by atoms with van der Waals surface area (Å²) in [5, 5.41) is 4.16. The maximum absolute atomic E-state index is 5.94. The summed E-state index contributed by atoms with van der Waals surface area (Å²) in [6, 6.07) is 11.8. The number of nitrogens with zero attached hydrogens (tertiary/aromatic N) is 1. The van der Waals surface area contributed by atoms with Gasteiger partial charge in [0.2, 0.25) is 0 Å². The van der Waals surface area contributed by atoms with Gasteiger partial charge in [-0.1, -0.05) is 30.2 Å². The molecule has 2 aromatic carbocycles. The molecule has 4 nitrogen and oxygen atoms in total. The van der Waals surface area contributed by atoms with Crippen LogP contribution in [0.4, 0.5) is 0 Å². The third-order valence-corrected chi connectivity index (χ3v) is 6.21. The average molecular weight is 424 g/mol. The fourth-order valence-electron chi connectivity index (χ4n) is 4.33. The molecule has 158 valence electrons. The Balaban J connectivity index is 1.45. The van der Waals surface area contributed by atoms with Crippen LogP contribution in [0.15, 0.2) is 49.1 Å². The Bertz CT molecular complexity index is 974. The van der Waals surface area contributed by atoms with E-state index in [1.807, 2.05) is 30.3 Å². The van der Waals surface area contributed by atoms with Crippen LogP contribution >= 0.6 is 11.6 Å². The van der Waals surface area contributed by atoms with E-state index in [0.717, 1.165) is 41.4 Å². The van der Waals surface area contributed by atoms with E-state index in [9.17, 15) is 0 Å². The van der Waals surface area contributed by atoms with Crippen molar-refractivity contribution in [3.8, 4) is 5.75 Å². The van der Waals surface area contributed by atoms with Crippen molar-refractivity contribution in [3.05, 3.63) is 71.0 Å². The minimum atomic E-state index is 0.398. The molecular weight excluding hydrogens is 394 g/mol. The number of H-pyrrole nitrogens is 1. The Morgan fingerprint density at radius 1 is 1.13 bits per heavy atom. The second-order valence-corrected chi connectivity index (χ2v) is 8.54. The van der Waals surface area contributed by atoms with Gasteiger partial charge in [-0.2, -0.15) is 0 Å². The van der Waals surface area contributed by atoms with Gasteiger partial charge in [0, 0.05) is 5.02 Å². The van der Waals surface area contributed by atoms with Crippen LogP contribution < -0.4 is 10.1 Å². The Kier molecular flexibility index (Phi) is 7.08. The zero-order valence-corrected chi connectivity index (χ0v) is 18.2. The van der Waals surface area contributed by atoms with Crippen molar-refractivity contribution in [1.29, 1.82) is 0 Å². The molecule has 0 spiro atoms. The third-order valence-electron chi connectivity index (χ3n) is 5.96. The van der Waals surface area contributed by atoms with Gasteiger partial charge in [-0.3, -0.25) is 0 Å². The molecule has 1 aliphatic rings. The first-order valence-electron chi connectivity index (χ1n) is 10.9. The summed E-state index contributed by atoms with van der Waals surface area (Å²) in [5.74, 6) is 2.49. The molecule has 0 aliphatic carbocycles. The highest BCUT2D eigenvalue weighted by Crippen LogP contribution is 2.26. The third kappa shape index (κ3) is 5.24. The van der Waals surface area contributed by atoms with Gasteiger partial charge >= 0.3 is 0 Å². The monoisotopic (exact) mass is 423 g/mol. The molecule has 2 heterocycles. The lowest BCUT2D eigenvalue weighted by atomic mass is 9.90. The summed E-state index contributed by atoms with van der Waals surface area (Å²) >= 11 is 5.94. The van der Waals surface area contributed by atoms with Crippen LogP contribution in [-0.2, 0) is 19.4 Å². The number of rotatable bonds is 9. The number of hydrogen-bond acceptors (Lipinski definition) is 3. The Labute approximate surface area is 183 Å². The number of nitrogens with one attached hydrogen (secondary N) is 2. The first-order valence-corrected chi connectivity index (χ1v) is 11.3. The molecule has 5 heteroatoms. The number of hydrogen-bond donors (Lipinski definition) is 2. The molecule has 1 saturated heterocycles. The SMILES string of the molecule is C=CCc1c(CCCC2CCNCC2)ccc2[nH]c(COc3ccc(Cl)cc3)nc12. The zero-order valence-electron chi connectivity index (χ0n) is 17.4. The van der Waals surface area contributed by atoms with Crippen molar-refractivity contribution in [3.63, 3.8) is 0 Å². The lowest BCUT2D eigenvalue weighted by Crippen LogP contribution is -2.27. The molecule has 4 rings (SSSR count). The molecule has 2 N–H and O–H groups in total. The molecule has 30 heavy (non-hydrogen) atoms. The number of allylic oxidation sites excluding steroid dienone is 1. The number of halogens is 1. The minimum absolute atomic E-state index is 0.398. The molecule has 1 fully saturated rings. The Morgan fingerprint density at radius 3 is 2.70 bits per heavy atom. The maximum Gasteiger partial charge on any atom is 0.146 e. The molecule has 0 unspecified atom stereocenters. The topological polar surface area (TPSA) is 49.9 Å². The van der Waals surface area contributed by atoms with Crippen molar-refractivity contribution in [2.75, 3.05) is 13.1 Å². The average Bonchev–Trinajstić information content (AvgIpc) is 3.19.